The predicted octanol–water partition coefficient (Wildman–Crippen LogP) is 2.71. The Labute approximate surface area is 98.5 Å². The minimum absolute atomic E-state index is 0.689. The van der Waals surface area contributed by atoms with Crippen molar-refractivity contribution in [3.8, 4) is 0 Å². The molecule has 0 aliphatic rings. The summed E-state index contributed by atoms with van der Waals surface area (Å²) in [4.78, 5) is 8.63. The maximum absolute atomic E-state index is 5.25. The quantitative estimate of drug-likeness (QED) is 0.826. The van der Waals surface area contributed by atoms with E-state index < -0.39 is 0 Å². The smallest absolute Gasteiger partial charge is 0.256 e. The molecule has 0 radical (unpaired) electrons. The van der Waals surface area contributed by atoms with Crippen LogP contribution in [0.5, 0.6) is 0 Å². The van der Waals surface area contributed by atoms with Crippen LogP contribution in [-0.2, 0) is 5.75 Å². The van der Waals surface area contributed by atoms with E-state index in [-0.39, 0.29) is 0 Å². The standard InChI is InChI=1S/C11H13N3OS/c1-8-6-15-11(13-8)16-7-9-4-3-5-10(12-2)14-9/h3-6H,7H2,1-2H3,(H,12,14). The third kappa shape index (κ3) is 2.76. The molecule has 5 heteroatoms. The van der Waals surface area contributed by atoms with Gasteiger partial charge < -0.3 is 9.73 Å². The van der Waals surface area contributed by atoms with E-state index in [1.807, 2.05) is 32.2 Å². The zero-order chi connectivity index (χ0) is 11.4. The summed E-state index contributed by atoms with van der Waals surface area (Å²) < 4.78 is 5.25. The molecule has 16 heavy (non-hydrogen) atoms. The Bertz CT molecular complexity index is 470. The van der Waals surface area contributed by atoms with Crippen LogP contribution in [0.2, 0.25) is 0 Å². The Morgan fingerprint density at radius 1 is 1.38 bits per heavy atom. The van der Waals surface area contributed by atoms with Gasteiger partial charge in [0.2, 0.25) is 0 Å². The Balaban J connectivity index is 1.99. The lowest BCUT2D eigenvalue weighted by Gasteiger charge is -2.01. The van der Waals surface area contributed by atoms with E-state index in [0.29, 0.717) is 5.22 Å². The molecule has 0 amide bonds. The lowest BCUT2D eigenvalue weighted by molar-refractivity contribution is 0.454. The van der Waals surface area contributed by atoms with E-state index in [1.165, 1.54) is 0 Å². The average Bonchev–Trinajstić information content (AvgIpc) is 2.73. The summed E-state index contributed by atoms with van der Waals surface area (Å²) in [6, 6.07) is 5.91. The van der Waals surface area contributed by atoms with Gasteiger partial charge >= 0.3 is 0 Å². The van der Waals surface area contributed by atoms with Crippen molar-refractivity contribution in [3.63, 3.8) is 0 Å². The van der Waals surface area contributed by atoms with Crippen molar-refractivity contribution in [2.45, 2.75) is 17.9 Å². The number of oxazole rings is 1. The summed E-state index contributed by atoms with van der Waals surface area (Å²) in [5.41, 5.74) is 1.91. The van der Waals surface area contributed by atoms with Gasteiger partial charge in [-0.15, -0.1) is 0 Å². The van der Waals surface area contributed by atoms with E-state index in [0.717, 1.165) is 23.0 Å². The first kappa shape index (κ1) is 11.0. The normalized spacial score (nSPS) is 10.4. The number of anilines is 1. The number of nitrogens with one attached hydrogen (secondary N) is 1. The maximum Gasteiger partial charge on any atom is 0.256 e. The molecule has 0 fully saturated rings. The van der Waals surface area contributed by atoms with Crippen molar-refractivity contribution < 1.29 is 4.42 Å². The first-order valence-corrected chi connectivity index (χ1v) is 5.95. The lowest BCUT2D eigenvalue weighted by atomic mass is 10.4. The molecule has 0 aliphatic carbocycles. The van der Waals surface area contributed by atoms with Crippen LogP contribution in [0.25, 0.3) is 0 Å². The minimum atomic E-state index is 0.689. The van der Waals surface area contributed by atoms with Crippen LogP contribution in [0.15, 0.2) is 34.1 Å². The Kier molecular flexibility index (Phi) is 3.46. The van der Waals surface area contributed by atoms with Gasteiger partial charge in [-0.25, -0.2) is 9.97 Å². The van der Waals surface area contributed by atoms with E-state index in [1.54, 1.807) is 18.0 Å². The van der Waals surface area contributed by atoms with E-state index in [9.17, 15) is 0 Å². The number of aromatic nitrogens is 2. The van der Waals surface area contributed by atoms with Gasteiger partial charge in [0.1, 0.15) is 12.1 Å². The fraction of sp³-hybridized carbons (Fsp3) is 0.273. The van der Waals surface area contributed by atoms with Gasteiger partial charge in [0.15, 0.2) is 0 Å². The summed E-state index contributed by atoms with van der Waals surface area (Å²) in [7, 11) is 1.86. The third-order valence-corrected chi connectivity index (χ3v) is 2.88. The molecule has 84 valence electrons. The van der Waals surface area contributed by atoms with Crippen molar-refractivity contribution in [2.24, 2.45) is 0 Å². The highest BCUT2D eigenvalue weighted by atomic mass is 32.2. The molecule has 0 unspecified atom stereocenters. The summed E-state index contributed by atoms with van der Waals surface area (Å²) >= 11 is 1.55. The summed E-state index contributed by atoms with van der Waals surface area (Å²) in [6.45, 7) is 1.91. The molecule has 0 saturated carbocycles. The number of nitrogens with zero attached hydrogens (tertiary/aromatic N) is 2. The predicted molar refractivity (Wildman–Crippen MR) is 64.6 cm³/mol. The average molecular weight is 235 g/mol. The number of hydrogen-bond acceptors (Lipinski definition) is 5. The highest BCUT2D eigenvalue weighted by Gasteiger charge is 2.03. The van der Waals surface area contributed by atoms with Crippen LogP contribution in [0.4, 0.5) is 5.82 Å². The number of thioether (sulfide) groups is 1. The van der Waals surface area contributed by atoms with Crippen LogP contribution < -0.4 is 5.32 Å². The molecule has 4 nitrogen and oxygen atoms in total. The fourth-order valence-electron chi connectivity index (χ4n) is 1.23. The topological polar surface area (TPSA) is 51.0 Å². The van der Waals surface area contributed by atoms with E-state index in [4.69, 9.17) is 4.42 Å². The molecular weight excluding hydrogens is 222 g/mol. The third-order valence-electron chi connectivity index (χ3n) is 2.00. The summed E-state index contributed by atoms with van der Waals surface area (Å²) in [6.07, 6.45) is 1.65. The molecule has 0 atom stereocenters. The van der Waals surface area contributed by atoms with E-state index in [2.05, 4.69) is 15.3 Å². The van der Waals surface area contributed by atoms with Gasteiger partial charge in [0, 0.05) is 12.8 Å². The van der Waals surface area contributed by atoms with Crippen molar-refractivity contribution >= 4 is 17.6 Å². The molecule has 2 heterocycles. The SMILES string of the molecule is CNc1cccc(CSc2nc(C)co2)n1. The summed E-state index contributed by atoms with van der Waals surface area (Å²) in [5, 5.41) is 3.70. The van der Waals surface area contributed by atoms with Crippen LogP contribution in [-0.4, -0.2) is 17.0 Å². The fourth-order valence-corrected chi connectivity index (χ4v) is 1.99. The maximum atomic E-state index is 5.25. The van der Waals surface area contributed by atoms with Crippen LogP contribution in [0.3, 0.4) is 0 Å². The second-order valence-corrected chi connectivity index (χ2v) is 4.23. The van der Waals surface area contributed by atoms with Crippen molar-refractivity contribution in [1.29, 1.82) is 0 Å². The Morgan fingerprint density at radius 3 is 2.94 bits per heavy atom. The molecule has 1 N–H and O–H groups in total. The monoisotopic (exact) mass is 235 g/mol. The van der Waals surface area contributed by atoms with Gasteiger partial charge in [-0.2, -0.15) is 0 Å². The van der Waals surface area contributed by atoms with Crippen LogP contribution in [0.1, 0.15) is 11.4 Å². The van der Waals surface area contributed by atoms with Crippen molar-refractivity contribution in [2.75, 3.05) is 12.4 Å². The summed E-state index contributed by atoms with van der Waals surface area (Å²) in [5.74, 6) is 1.64. The zero-order valence-corrected chi connectivity index (χ0v) is 10.0. The second-order valence-electron chi connectivity index (χ2n) is 3.31. The van der Waals surface area contributed by atoms with Gasteiger partial charge in [0.25, 0.3) is 5.22 Å². The molecule has 2 aromatic heterocycles. The number of aryl methyl sites for hydroxylation is 1. The van der Waals surface area contributed by atoms with Crippen molar-refractivity contribution in [1.82, 2.24) is 9.97 Å². The van der Waals surface area contributed by atoms with Gasteiger partial charge in [-0.1, -0.05) is 17.8 Å². The number of rotatable bonds is 4. The first-order valence-electron chi connectivity index (χ1n) is 4.96. The highest BCUT2D eigenvalue weighted by Crippen LogP contribution is 2.21. The van der Waals surface area contributed by atoms with Gasteiger partial charge in [-0.3, -0.25) is 0 Å². The second kappa shape index (κ2) is 5.03. The lowest BCUT2D eigenvalue weighted by Crippen LogP contribution is -1.94. The van der Waals surface area contributed by atoms with Crippen LogP contribution in [0, 0.1) is 6.92 Å². The van der Waals surface area contributed by atoms with Crippen LogP contribution >= 0.6 is 11.8 Å². The largest absolute Gasteiger partial charge is 0.440 e. The Morgan fingerprint density at radius 2 is 2.25 bits per heavy atom. The molecule has 2 aromatic rings. The van der Waals surface area contributed by atoms with E-state index >= 15 is 0 Å². The molecule has 0 saturated heterocycles. The highest BCUT2D eigenvalue weighted by molar-refractivity contribution is 7.98. The Hall–Kier alpha value is -1.49. The molecule has 0 aliphatic heterocycles. The molecule has 0 aromatic carbocycles. The van der Waals surface area contributed by atoms with Crippen molar-refractivity contribution in [3.05, 3.63) is 35.9 Å². The molecule has 0 spiro atoms. The molecule has 0 bridgehead atoms. The molecular formula is C11H13N3OS. The zero-order valence-electron chi connectivity index (χ0n) is 9.23. The number of hydrogen-bond donors (Lipinski definition) is 1. The first-order chi connectivity index (χ1) is 7.78. The van der Waals surface area contributed by atoms with Gasteiger partial charge in [0.05, 0.1) is 11.4 Å². The molecule has 2 rings (SSSR count). The van der Waals surface area contributed by atoms with Gasteiger partial charge in [-0.05, 0) is 19.1 Å². The number of pyridine rings is 1. The minimum Gasteiger partial charge on any atom is -0.440 e.